The summed E-state index contributed by atoms with van der Waals surface area (Å²) in [5.41, 5.74) is 2.21. The van der Waals surface area contributed by atoms with Gasteiger partial charge < -0.3 is 14.8 Å². The summed E-state index contributed by atoms with van der Waals surface area (Å²) in [6.07, 6.45) is 5.56. The molecule has 142 valence electrons. The van der Waals surface area contributed by atoms with E-state index in [1.807, 2.05) is 36.4 Å². The van der Waals surface area contributed by atoms with Crippen LogP contribution in [-0.4, -0.2) is 41.1 Å². The molecular weight excluding hydrogens is 356 g/mol. The van der Waals surface area contributed by atoms with E-state index in [1.54, 1.807) is 13.3 Å². The molecule has 1 aromatic carbocycles. The van der Waals surface area contributed by atoms with Gasteiger partial charge in [-0.2, -0.15) is 0 Å². The summed E-state index contributed by atoms with van der Waals surface area (Å²) in [6, 6.07) is 11.3. The molecule has 3 heterocycles. The van der Waals surface area contributed by atoms with Crippen molar-refractivity contribution in [3.8, 4) is 23.0 Å². The van der Waals surface area contributed by atoms with E-state index in [0.29, 0.717) is 30.2 Å². The fraction of sp³-hybridized carbons (Fsp3) is 0.238. The smallest absolute Gasteiger partial charge is 0.254 e. The first-order chi connectivity index (χ1) is 13.7. The molecule has 3 aromatic rings. The van der Waals surface area contributed by atoms with Crippen molar-refractivity contribution in [2.24, 2.45) is 5.92 Å². The number of aromatic nitrogens is 3. The van der Waals surface area contributed by atoms with Crippen LogP contribution in [0.25, 0.3) is 11.5 Å². The lowest BCUT2D eigenvalue weighted by atomic mass is 9.96. The van der Waals surface area contributed by atoms with Crippen LogP contribution in [0.3, 0.4) is 0 Å². The standard InChI is InChI=1S/C21H20N4O3/c1-27-17-6-5-15-8-14(13-28-19(15)9-17)10-25-21(26)16-11-23-20(24-12-16)18-4-2-3-7-22-18/h2-7,9,11-12,14H,8,10,13H2,1H3,(H,25,26)/t14-/m0/s1. The Hall–Kier alpha value is -3.48. The molecule has 1 aliphatic rings. The number of ether oxygens (including phenoxy) is 2. The van der Waals surface area contributed by atoms with E-state index in [1.165, 1.54) is 12.4 Å². The summed E-state index contributed by atoms with van der Waals surface area (Å²) in [5, 5.41) is 2.94. The maximum absolute atomic E-state index is 12.4. The number of carbonyl (C=O) groups is 1. The van der Waals surface area contributed by atoms with Crippen molar-refractivity contribution in [3.63, 3.8) is 0 Å². The number of rotatable bonds is 5. The van der Waals surface area contributed by atoms with Gasteiger partial charge in [0.15, 0.2) is 5.82 Å². The second-order valence-electron chi connectivity index (χ2n) is 6.58. The number of nitrogens with zero attached hydrogens (tertiary/aromatic N) is 3. The highest BCUT2D eigenvalue weighted by molar-refractivity contribution is 5.93. The van der Waals surface area contributed by atoms with Crippen LogP contribution in [0.2, 0.25) is 0 Å². The van der Waals surface area contributed by atoms with Gasteiger partial charge in [-0.15, -0.1) is 0 Å². The van der Waals surface area contributed by atoms with Gasteiger partial charge in [-0.3, -0.25) is 9.78 Å². The van der Waals surface area contributed by atoms with Crippen molar-refractivity contribution in [1.29, 1.82) is 0 Å². The Balaban J connectivity index is 1.34. The lowest BCUT2D eigenvalue weighted by molar-refractivity contribution is 0.0938. The first kappa shape index (κ1) is 17.9. The monoisotopic (exact) mass is 376 g/mol. The highest BCUT2D eigenvalue weighted by atomic mass is 16.5. The van der Waals surface area contributed by atoms with Crippen molar-refractivity contribution >= 4 is 5.91 Å². The van der Waals surface area contributed by atoms with Gasteiger partial charge in [-0.25, -0.2) is 9.97 Å². The van der Waals surface area contributed by atoms with Gasteiger partial charge in [0.25, 0.3) is 5.91 Å². The van der Waals surface area contributed by atoms with Crippen LogP contribution in [0, 0.1) is 5.92 Å². The third kappa shape index (κ3) is 3.93. The molecule has 0 bridgehead atoms. The molecule has 28 heavy (non-hydrogen) atoms. The number of hydrogen-bond donors (Lipinski definition) is 1. The minimum absolute atomic E-state index is 0.201. The van der Waals surface area contributed by atoms with Gasteiger partial charge >= 0.3 is 0 Å². The van der Waals surface area contributed by atoms with Gasteiger partial charge in [0, 0.05) is 37.1 Å². The molecule has 0 spiro atoms. The van der Waals surface area contributed by atoms with E-state index < -0.39 is 0 Å². The molecule has 0 saturated heterocycles. The molecular formula is C21H20N4O3. The van der Waals surface area contributed by atoms with Crippen molar-refractivity contribution in [3.05, 3.63) is 66.1 Å². The number of methoxy groups -OCH3 is 1. The maximum Gasteiger partial charge on any atom is 0.254 e. The number of fused-ring (bicyclic) bond motifs is 1. The minimum atomic E-state index is -0.201. The number of hydrogen-bond acceptors (Lipinski definition) is 6. The molecule has 2 aromatic heterocycles. The Morgan fingerprint density at radius 1 is 1.21 bits per heavy atom. The zero-order valence-electron chi connectivity index (χ0n) is 15.5. The third-order valence-corrected chi connectivity index (χ3v) is 4.62. The normalized spacial score (nSPS) is 15.2. The molecule has 4 rings (SSSR count). The Kier molecular flexibility index (Phi) is 5.14. The van der Waals surface area contributed by atoms with Crippen LogP contribution in [-0.2, 0) is 6.42 Å². The summed E-state index contributed by atoms with van der Waals surface area (Å²) in [5.74, 6) is 2.12. The molecule has 0 fully saturated rings. The summed E-state index contributed by atoms with van der Waals surface area (Å²) in [6.45, 7) is 1.07. The van der Waals surface area contributed by atoms with Crippen molar-refractivity contribution in [2.45, 2.75) is 6.42 Å². The lowest BCUT2D eigenvalue weighted by Gasteiger charge is -2.25. The molecule has 0 unspecified atom stereocenters. The molecule has 1 amide bonds. The van der Waals surface area contributed by atoms with E-state index in [9.17, 15) is 4.79 Å². The van der Waals surface area contributed by atoms with E-state index in [2.05, 4.69) is 20.3 Å². The van der Waals surface area contributed by atoms with Crippen LogP contribution < -0.4 is 14.8 Å². The number of pyridine rings is 1. The summed E-state index contributed by atoms with van der Waals surface area (Å²) < 4.78 is 11.0. The minimum Gasteiger partial charge on any atom is -0.497 e. The molecule has 7 heteroatoms. The Morgan fingerprint density at radius 2 is 2.07 bits per heavy atom. The number of benzene rings is 1. The fourth-order valence-electron chi connectivity index (χ4n) is 3.09. The first-order valence-electron chi connectivity index (χ1n) is 9.04. The summed E-state index contributed by atoms with van der Waals surface area (Å²) in [4.78, 5) is 25.1. The van der Waals surface area contributed by atoms with E-state index in [0.717, 1.165) is 23.5 Å². The van der Waals surface area contributed by atoms with Crippen LogP contribution in [0.1, 0.15) is 15.9 Å². The summed E-state index contributed by atoms with van der Waals surface area (Å²) in [7, 11) is 1.63. The zero-order chi connectivity index (χ0) is 19.3. The lowest BCUT2D eigenvalue weighted by Crippen LogP contribution is -2.34. The Morgan fingerprint density at radius 3 is 2.82 bits per heavy atom. The maximum atomic E-state index is 12.4. The van der Waals surface area contributed by atoms with Crippen molar-refractivity contribution < 1.29 is 14.3 Å². The van der Waals surface area contributed by atoms with Gasteiger partial charge in [-0.05, 0) is 30.2 Å². The second kappa shape index (κ2) is 8.04. The highest BCUT2D eigenvalue weighted by Crippen LogP contribution is 2.30. The van der Waals surface area contributed by atoms with Crippen LogP contribution in [0.15, 0.2) is 55.0 Å². The average Bonchev–Trinajstić information content (AvgIpc) is 2.77. The molecule has 1 atom stereocenters. The van der Waals surface area contributed by atoms with Crippen LogP contribution in [0.4, 0.5) is 0 Å². The highest BCUT2D eigenvalue weighted by Gasteiger charge is 2.21. The molecule has 0 saturated carbocycles. The number of amides is 1. The van der Waals surface area contributed by atoms with Crippen molar-refractivity contribution in [2.75, 3.05) is 20.3 Å². The molecule has 7 nitrogen and oxygen atoms in total. The van der Waals surface area contributed by atoms with Gasteiger partial charge in [-0.1, -0.05) is 12.1 Å². The molecule has 0 radical (unpaired) electrons. The molecule has 1 aliphatic heterocycles. The molecule has 1 N–H and O–H groups in total. The van der Waals surface area contributed by atoms with E-state index >= 15 is 0 Å². The first-order valence-corrected chi connectivity index (χ1v) is 9.04. The zero-order valence-corrected chi connectivity index (χ0v) is 15.5. The Bertz CT molecular complexity index is 961. The number of carbonyl (C=O) groups excluding carboxylic acids is 1. The quantitative estimate of drug-likeness (QED) is 0.736. The Labute approximate surface area is 162 Å². The third-order valence-electron chi connectivity index (χ3n) is 4.62. The fourth-order valence-corrected chi connectivity index (χ4v) is 3.09. The van der Waals surface area contributed by atoms with E-state index in [4.69, 9.17) is 9.47 Å². The number of nitrogens with one attached hydrogen (secondary N) is 1. The van der Waals surface area contributed by atoms with Crippen LogP contribution in [0.5, 0.6) is 11.5 Å². The topological polar surface area (TPSA) is 86.2 Å². The summed E-state index contributed by atoms with van der Waals surface area (Å²) >= 11 is 0. The van der Waals surface area contributed by atoms with E-state index in [-0.39, 0.29) is 11.8 Å². The predicted octanol–water partition coefficient (Wildman–Crippen LogP) is 2.53. The van der Waals surface area contributed by atoms with Gasteiger partial charge in [0.05, 0.1) is 19.3 Å². The second-order valence-corrected chi connectivity index (χ2v) is 6.58. The van der Waals surface area contributed by atoms with Crippen LogP contribution >= 0.6 is 0 Å². The predicted molar refractivity (Wildman–Crippen MR) is 103 cm³/mol. The average molecular weight is 376 g/mol. The molecule has 0 aliphatic carbocycles. The largest absolute Gasteiger partial charge is 0.497 e. The van der Waals surface area contributed by atoms with Gasteiger partial charge in [0.1, 0.15) is 17.2 Å². The van der Waals surface area contributed by atoms with Gasteiger partial charge in [0.2, 0.25) is 0 Å². The SMILES string of the molecule is COc1ccc2c(c1)OC[C@H](CNC(=O)c1cnc(-c3ccccn3)nc1)C2. The van der Waals surface area contributed by atoms with Crippen molar-refractivity contribution in [1.82, 2.24) is 20.3 Å².